The number of hydrogen-bond donors (Lipinski definition) is 0. The fourth-order valence-corrected chi connectivity index (χ4v) is 7.50. The molecule has 0 rings (SSSR count). The molecule has 64 heavy (non-hydrogen) atoms. The van der Waals surface area contributed by atoms with Crippen LogP contribution in [0, 0.1) is 0 Å². The summed E-state index contributed by atoms with van der Waals surface area (Å²) in [5, 5.41) is 0. The van der Waals surface area contributed by atoms with Crippen LogP contribution in [0.1, 0.15) is 258 Å². The second kappa shape index (κ2) is 52.5. The molecule has 6 nitrogen and oxygen atoms in total. The van der Waals surface area contributed by atoms with E-state index in [4.69, 9.17) is 14.2 Å². The summed E-state index contributed by atoms with van der Waals surface area (Å²) in [6.45, 7) is 6.46. The van der Waals surface area contributed by atoms with E-state index in [-0.39, 0.29) is 31.1 Å². The maximum absolute atomic E-state index is 12.8. The van der Waals surface area contributed by atoms with E-state index in [0.29, 0.717) is 19.3 Å². The van der Waals surface area contributed by atoms with Gasteiger partial charge in [0, 0.05) is 19.3 Å². The van der Waals surface area contributed by atoms with Crippen molar-refractivity contribution in [1.82, 2.24) is 0 Å². The molecule has 0 aromatic rings. The van der Waals surface area contributed by atoms with Crippen LogP contribution in [0.3, 0.4) is 0 Å². The van der Waals surface area contributed by atoms with E-state index in [2.05, 4.69) is 75.5 Å². The molecular formula is C58H100O6. The van der Waals surface area contributed by atoms with Gasteiger partial charge in [-0.05, 0) is 64.2 Å². The topological polar surface area (TPSA) is 78.9 Å². The lowest BCUT2D eigenvalue weighted by molar-refractivity contribution is -0.167. The summed E-state index contributed by atoms with van der Waals surface area (Å²) in [5.41, 5.74) is 0. The van der Waals surface area contributed by atoms with Crippen molar-refractivity contribution in [1.29, 1.82) is 0 Å². The molecule has 0 heterocycles. The Balaban J connectivity index is 4.38. The van der Waals surface area contributed by atoms with Crippen LogP contribution in [0.25, 0.3) is 0 Å². The molecule has 0 fully saturated rings. The average molecular weight is 893 g/mol. The highest BCUT2D eigenvalue weighted by molar-refractivity contribution is 5.71. The molecule has 0 bridgehead atoms. The molecule has 0 aliphatic carbocycles. The minimum absolute atomic E-state index is 0.0844. The largest absolute Gasteiger partial charge is 0.462 e. The van der Waals surface area contributed by atoms with E-state index in [0.717, 1.165) is 83.5 Å². The van der Waals surface area contributed by atoms with Gasteiger partial charge >= 0.3 is 17.9 Å². The Kier molecular flexibility index (Phi) is 49.9. The molecular weight excluding hydrogens is 793 g/mol. The van der Waals surface area contributed by atoms with Gasteiger partial charge in [-0.2, -0.15) is 0 Å². The van der Waals surface area contributed by atoms with E-state index in [1.54, 1.807) is 0 Å². The molecule has 0 aliphatic heterocycles. The summed E-state index contributed by atoms with van der Waals surface area (Å²) in [6, 6.07) is 0. The Hall–Kier alpha value is -3.15. The van der Waals surface area contributed by atoms with Crippen LogP contribution in [0.4, 0.5) is 0 Å². The monoisotopic (exact) mass is 893 g/mol. The number of ether oxygens (including phenoxy) is 3. The maximum Gasteiger partial charge on any atom is 0.306 e. The van der Waals surface area contributed by atoms with Gasteiger partial charge < -0.3 is 14.2 Å². The normalized spacial score (nSPS) is 12.6. The SMILES string of the molecule is CC\C=C/C=C\C=C/C=C\CCCCCCCC(=O)OC(COC(=O)CCCCCCCCCCCC/C=C\C=C/CCCCC)COC(=O)CCCCCCCCCCCCCC. The van der Waals surface area contributed by atoms with Gasteiger partial charge in [-0.1, -0.05) is 248 Å². The van der Waals surface area contributed by atoms with Crippen molar-refractivity contribution < 1.29 is 28.6 Å². The third-order valence-electron chi connectivity index (χ3n) is 11.6. The molecule has 0 aliphatic rings. The van der Waals surface area contributed by atoms with Crippen LogP contribution in [0.2, 0.25) is 0 Å². The Morgan fingerprint density at radius 1 is 0.328 bits per heavy atom. The number of esters is 3. The average Bonchev–Trinajstić information content (AvgIpc) is 3.29. The molecule has 368 valence electrons. The number of allylic oxidation sites excluding steroid dienone is 12. The lowest BCUT2D eigenvalue weighted by Gasteiger charge is -2.18. The number of unbranched alkanes of at least 4 members (excludes halogenated alkanes) is 29. The molecule has 0 N–H and O–H groups in total. The fourth-order valence-electron chi connectivity index (χ4n) is 7.50. The number of carbonyl (C=O) groups is 3. The molecule has 1 unspecified atom stereocenters. The molecule has 0 amide bonds. The summed E-state index contributed by atoms with van der Waals surface area (Å²) in [4.78, 5) is 38.0. The van der Waals surface area contributed by atoms with Gasteiger partial charge in [-0.15, -0.1) is 0 Å². The minimum atomic E-state index is -0.787. The van der Waals surface area contributed by atoms with E-state index in [1.807, 2.05) is 18.2 Å². The molecule has 0 saturated carbocycles. The van der Waals surface area contributed by atoms with Crippen LogP contribution >= 0.6 is 0 Å². The Morgan fingerprint density at radius 2 is 0.609 bits per heavy atom. The molecule has 0 saturated heterocycles. The van der Waals surface area contributed by atoms with Gasteiger partial charge in [0.15, 0.2) is 6.10 Å². The standard InChI is InChI=1S/C58H100O6/c1-4-7-10-13-16-19-22-25-27-28-29-30-32-33-36-39-42-45-48-51-57(60)63-54-55(53-62-56(59)50-47-44-41-38-35-24-21-18-15-12-9-6-3)64-58(61)52-49-46-43-40-37-34-31-26-23-20-17-14-11-8-5-2/h8,11,14,16-17,19-20,22-23,25-26,31,55H,4-7,9-10,12-13,15,18,21,24,27-30,32-54H2,1-3H3/b11-8-,17-14-,19-16-,23-20-,25-22-,31-26-. The summed E-state index contributed by atoms with van der Waals surface area (Å²) >= 11 is 0. The first-order chi connectivity index (χ1) is 31.5. The Morgan fingerprint density at radius 3 is 1.00 bits per heavy atom. The third kappa shape index (κ3) is 49.9. The smallest absolute Gasteiger partial charge is 0.306 e. The van der Waals surface area contributed by atoms with Crippen LogP contribution in [0.15, 0.2) is 72.9 Å². The number of hydrogen-bond acceptors (Lipinski definition) is 6. The Bertz CT molecular complexity index is 1210. The number of carbonyl (C=O) groups excluding carboxylic acids is 3. The third-order valence-corrected chi connectivity index (χ3v) is 11.6. The van der Waals surface area contributed by atoms with Crippen molar-refractivity contribution in [3.63, 3.8) is 0 Å². The summed E-state index contributed by atoms with van der Waals surface area (Å²) < 4.78 is 16.8. The molecule has 0 aromatic heterocycles. The zero-order valence-corrected chi connectivity index (χ0v) is 42.0. The number of rotatable bonds is 48. The summed E-state index contributed by atoms with van der Waals surface area (Å²) in [5.74, 6) is -0.906. The predicted molar refractivity (Wildman–Crippen MR) is 274 cm³/mol. The van der Waals surface area contributed by atoms with Crippen LogP contribution < -0.4 is 0 Å². The lowest BCUT2D eigenvalue weighted by Crippen LogP contribution is -2.30. The molecule has 1 atom stereocenters. The van der Waals surface area contributed by atoms with E-state index < -0.39 is 6.10 Å². The van der Waals surface area contributed by atoms with Crippen LogP contribution in [-0.4, -0.2) is 37.2 Å². The first-order valence-corrected chi connectivity index (χ1v) is 27.0. The second-order valence-corrected chi connectivity index (χ2v) is 17.9. The zero-order chi connectivity index (χ0) is 46.5. The minimum Gasteiger partial charge on any atom is -0.462 e. The molecule has 0 spiro atoms. The first-order valence-electron chi connectivity index (χ1n) is 27.0. The van der Waals surface area contributed by atoms with Crippen molar-refractivity contribution in [3.8, 4) is 0 Å². The van der Waals surface area contributed by atoms with Gasteiger partial charge in [0.05, 0.1) is 0 Å². The van der Waals surface area contributed by atoms with Gasteiger partial charge in [-0.25, -0.2) is 0 Å². The van der Waals surface area contributed by atoms with Crippen molar-refractivity contribution in [3.05, 3.63) is 72.9 Å². The molecule has 0 aromatic carbocycles. The van der Waals surface area contributed by atoms with Crippen LogP contribution in [-0.2, 0) is 28.6 Å². The second-order valence-electron chi connectivity index (χ2n) is 17.9. The maximum atomic E-state index is 12.8. The van der Waals surface area contributed by atoms with E-state index in [9.17, 15) is 14.4 Å². The van der Waals surface area contributed by atoms with E-state index in [1.165, 1.54) is 135 Å². The quantitative estimate of drug-likeness (QED) is 0.0262. The van der Waals surface area contributed by atoms with Crippen LogP contribution in [0.5, 0.6) is 0 Å². The highest BCUT2D eigenvalue weighted by Crippen LogP contribution is 2.15. The highest BCUT2D eigenvalue weighted by Gasteiger charge is 2.19. The van der Waals surface area contributed by atoms with Gasteiger partial charge in [0.1, 0.15) is 13.2 Å². The highest BCUT2D eigenvalue weighted by atomic mass is 16.6. The van der Waals surface area contributed by atoms with Gasteiger partial charge in [0.2, 0.25) is 0 Å². The summed E-state index contributed by atoms with van der Waals surface area (Å²) in [6.07, 6.45) is 65.9. The molecule has 6 heteroatoms. The first kappa shape index (κ1) is 60.9. The van der Waals surface area contributed by atoms with Crippen molar-refractivity contribution >= 4 is 17.9 Å². The Labute approximate surface area is 395 Å². The summed E-state index contributed by atoms with van der Waals surface area (Å²) in [7, 11) is 0. The van der Waals surface area contributed by atoms with Crippen molar-refractivity contribution in [2.75, 3.05) is 13.2 Å². The fraction of sp³-hybridized carbons (Fsp3) is 0.741. The zero-order valence-electron chi connectivity index (χ0n) is 42.0. The van der Waals surface area contributed by atoms with E-state index >= 15 is 0 Å². The van der Waals surface area contributed by atoms with Crippen molar-refractivity contribution in [2.45, 2.75) is 264 Å². The van der Waals surface area contributed by atoms with Gasteiger partial charge in [0.25, 0.3) is 0 Å². The van der Waals surface area contributed by atoms with Gasteiger partial charge in [-0.3, -0.25) is 14.4 Å². The predicted octanol–water partition coefficient (Wildman–Crippen LogP) is 17.8. The lowest BCUT2D eigenvalue weighted by atomic mass is 10.0. The molecule has 0 radical (unpaired) electrons. The van der Waals surface area contributed by atoms with Crippen molar-refractivity contribution in [2.24, 2.45) is 0 Å².